The lowest BCUT2D eigenvalue weighted by Gasteiger charge is -2.30. The summed E-state index contributed by atoms with van der Waals surface area (Å²) in [6, 6.07) is 12.4. The maximum atomic E-state index is 12.3. The van der Waals surface area contributed by atoms with Gasteiger partial charge in [0.1, 0.15) is 11.9 Å². The Morgan fingerprint density at radius 3 is 2.58 bits per heavy atom. The number of nitrogens with zero attached hydrogens (tertiary/aromatic N) is 2. The number of rotatable bonds is 3. The fourth-order valence-electron chi connectivity index (χ4n) is 3.64. The Morgan fingerprint density at radius 1 is 1.04 bits per heavy atom. The third-order valence-corrected chi connectivity index (χ3v) is 4.97. The second-order valence-electron chi connectivity index (χ2n) is 6.65. The Kier molecular flexibility index (Phi) is 4.20. The summed E-state index contributed by atoms with van der Waals surface area (Å²) >= 11 is 0. The zero-order valence-electron chi connectivity index (χ0n) is 14.3. The van der Waals surface area contributed by atoms with E-state index in [2.05, 4.69) is 15.5 Å². The van der Waals surface area contributed by atoms with Crippen LogP contribution in [-0.2, 0) is 0 Å². The zero-order chi connectivity index (χ0) is 18.1. The van der Waals surface area contributed by atoms with Gasteiger partial charge in [-0.15, -0.1) is 0 Å². The van der Waals surface area contributed by atoms with Gasteiger partial charge in [0.2, 0.25) is 0 Å². The summed E-state index contributed by atoms with van der Waals surface area (Å²) in [5.41, 5.74) is 2.70. The van der Waals surface area contributed by atoms with Gasteiger partial charge >= 0.3 is 0 Å². The molecule has 2 N–H and O–H groups in total. The van der Waals surface area contributed by atoms with Crippen molar-refractivity contribution in [1.82, 2.24) is 5.32 Å². The second kappa shape index (κ2) is 6.67. The van der Waals surface area contributed by atoms with Gasteiger partial charge in [-0.25, -0.2) is 0 Å². The summed E-state index contributed by atoms with van der Waals surface area (Å²) in [5.74, 6) is -0.188. The topological polar surface area (TPSA) is 87.5 Å². The number of nitro groups is 1. The number of para-hydroxylation sites is 1. The molecule has 2 aliphatic rings. The molecule has 0 unspecified atom stereocenters. The zero-order valence-corrected chi connectivity index (χ0v) is 14.3. The molecule has 1 fully saturated rings. The molecule has 1 atom stereocenters. The van der Waals surface area contributed by atoms with Gasteiger partial charge in [0, 0.05) is 30.4 Å². The highest BCUT2D eigenvalue weighted by molar-refractivity contribution is 6.01. The minimum Gasteiger partial charge on any atom is -0.366 e. The van der Waals surface area contributed by atoms with Crippen LogP contribution in [0.15, 0.2) is 42.5 Å². The molecular weight excluding hydrogens is 332 g/mol. The Labute approximate surface area is 151 Å². The molecule has 0 bridgehead atoms. The van der Waals surface area contributed by atoms with Gasteiger partial charge in [0.25, 0.3) is 11.6 Å². The van der Waals surface area contributed by atoms with E-state index in [0.717, 1.165) is 31.6 Å². The number of carbonyl (C=O) groups excluding carboxylic acids is 1. The third-order valence-electron chi connectivity index (χ3n) is 4.97. The highest BCUT2D eigenvalue weighted by Gasteiger charge is 2.27. The van der Waals surface area contributed by atoms with Crippen LogP contribution in [0.4, 0.5) is 17.1 Å². The van der Waals surface area contributed by atoms with Crippen molar-refractivity contribution in [2.75, 3.05) is 23.3 Å². The van der Waals surface area contributed by atoms with Crippen LogP contribution in [0.3, 0.4) is 0 Å². The maximum absolute atomic E-state index is 12.3. The number of piperidine rings is 1. The van der Waals surface area contributed by atoms with Crippen molar-refractivity contribution in [2.24, 2.45) is 0 Å². The van der Waals surface area contributed by atoms with Crippen LogP contribution in [0, 0.1) is 10.1 Å². The van der Waals surface area contributed by atoms with Crippen molar-refractivity contribution in [3.8, 4) is 0 Å². The first kappa shape index (κ1) is 16.4. The van der Waals surface area contributed by atoms with Crippen LogP contribution < -0.4 is 15.5 Å². The lowest BCUT2D eigenvalue weighted by atomic mass is 10.0. The van der Waals surface area contributed by atoms with Crippen molar-refractivity contribution in [1.29, 1.82) is 0 Å². The third kappa shape index (κ3) is 2.96. The van der Waals surface area contributed by atoms with Crippen molar-refractivity contribution < 1.29 is 9.72 Å². The molecule has 0 aliphatic carbocycles. The Bertz CT molecular complexity index is 862. The fraction of sp³-hybridized carbons (Fsp3) is 0.316. The molecule has 0 aromatic heterocycles. The van der Waals surface area contributed by atoms with E-state index in [4.69, 9.17) is 0 Å². The van der Waals surface area contributed by atoms with Gasteiger partial charge in [-0.2, -0.15) is 0 Å². The standard InChI is InChI=1S/C19H20N4O3/c24-19-14-6-2-3-7-15(14)20-18(21-19)13-8-9-16(17(12-13)23(25)26)22-10-4-1-5-11-22/h2-3,6-9,12,18,20H,1,4-5,10-11H2,(H,21,24)/t18-/m0/s1. The lowest BCUT2D eigenvalue weighted by molar-refractivity contribution is -0.384. The number of carbonyl (C=O) groups is 1. The molecule has 2 aliphatic heterocycles. The molecule has 7 heteroatoms. The molecule has 2 aromatic carbocycles. The number of hydrogen-bond donors (Lipinski definition) is 2. The van der Waals surface area contributed by atoms with E-state index in [1.807, 2.05) is 18.2 Å². The largest absolute Gasteiger partial charge is 0.366 e. The highest BCUT2D eigenvalue weighted by atomic mass is 16.6. The summed E-state index contributed by atoms with van der Waals surface area (Å²) in [6.07, 6.45) is 2.78. The van der Waals surface area contributed by atoms with Crippen LogP contribution >= 0.6 is 0 Å². The SMILES string of the molecule is O=C1N[C@@H](c2ccc(N3CCCCC3)c([N+](=O)[O-])c2)Nc2ccccc21. The van der Waals surface area contributed by atoms with E-state index in [0.29, 0.717) is 16.8 Å². The second-order valence-corrected chi connectivity index (χ2v) is 6.65. The van der Waals surface area contributed by atoms with Crippen LogP contribution in [0.2, 0.25) is 0 Å². The van der Waals surface area contributed by atoms with E-state index in [-0.39, 0.29) is 16.5 Å². The number of nitrogens with one attached hydrogen (secondary N) is 2. The molecule has 2 aromatic rings. The van der Waals surface area contributed by atoms with Gasteiger partial charge in [-0.05, 0) is 37.5 Å². The van der Waals surface area contributed by atoms with Gasteiger partial charge in [-0.3, -0.25) is 14.9 Å². The lowest BCUT2D eigenvalue weighted by Crippen LogP contribution is -2.38. The number of amides is 1. The smallest absolute Gasteiger partial charge is 0.292 e. The maximum Gasteiger partial charge on any atom is 0.292 e. The molecule has 1 amide bonds. The average molecular weight is 352 g/mol. The van der Waals surface area contributed by atoms with Crippen molar-refractivity contribution in [3.05, 3.63) is 63.7 Å². The molecule has 4 rings (SSSR count). The molecule has 26 heavy (non-hydrogen) atoms. The minimum absolute atomic E-state index is 0.0827. The summed E-state index contributed by atoms with van der Waals surface area (Å²) in [6.45, 7) is 1.68. The van der Waals surface area contributed by atoms with Gasteiger partial charge in [0.15, 0.2) is 0 Å². The first-order valence-corrected chi connectivity index (χ1v) is 8.83. The van der Waals surface area contributed by atoms with Gasteiger partial charge in [-0.1, -0.05) is 18.2 Å². The Morgan fingerprint density at radius 2 is 1.81 bits per heavy atom. The van der Waals surface area contributed by atoms with E-state index >= 15 is 0 Å². The average Bonchev–Trinajstić information content (AvgIpc) is 2.68. The molecule has 7 nitrogen and oxygen atoms in total. The Balaban J connectivity index is 1.66. The van der Waals surface area contributed by atoms with Crippen LogP contribution in [0.25, 0.3) is 0 Å². The van der Waals surface area contributed by atoms with Crippen molar-refractivity contribution in [2.45, 2.75) is 25.4 Å². The van der Waals surface area contributed by atoms with Crippen molar-refractivity contribution >= 4 is 23.0 Å². The van der Waals surface area contributed by atoms with E-state index in [1.54, 1.807) is 24.3 Å². The molecule has 1 saturated heterocycles. The first-order valence-electron chi connectivity index (χ1n) is 8.83. The predicted octanol–water partition coefficient (Wildman–Crippen LogP) is 3.44. The number of benzene rings is 2. The molecule has 2 heterocycles. The van der Waals surface area contributed by atoms with Gasteiger partial charge in [0.05, 0.1) is 10.5 Å². The molecule has 134 valence electrons. The minimum atomic E-state index is -0.494. The number of anilines is 2. The molecule has 0 radical (unpaired) electrons. The monoisotopic (exact) mass is 352 g/mol. The van der Waals surface area contributed by atoms with E-state index in [9.17, 15) is 14.9 Å². The van der Waals surface area contributed by atoms with Crippen molar-refractivity contribution in [3.63, 3.8) is 0 Å². The van der Waals surface area contributed by atoms with Crippen LogP contribution in [0.1, 0.15) is 41.3 Å². The summed E-state index contributed by atoms with van der Waals surface area (Å²) < 4.78 is 0. The quantitative estimate of drug-likeness (QED) is 0.653. The van der Waals surface area contributed by atoms with E-state index in [1.165, 1.54) is 6.42 Å². The highest BCUT2D eigenvalue weighted by Crippen LogP contribution is 2.34. The normalized spacial score (nSPS) is 19.3. The van der Waals surface area contributed by atoms with Crippen LogP contribution in [0.5, 0.6) is 0 Å². The number of hydrogen-bond acceptors (Lipinski definition) is 5. The predicted molar refractivity (Wildman–Crippen MR) is 99.4 cm³/mol. The summed E-state index contributed by atoms with van der Waals surface area (Å²) in [4.78, 5) is 25.7. The van der Waals surface area contributed by atoms with E-state index < -0.39 is 6.17 Å². The fourth-order valence-corrected chi connectivity index (χ4v) is 3.64. The van der Waals surface area contributed by atoms with Gasteiger partial charge < -0.3 is 15.5 Å². The molecular formula is C19H20N4O3. The Hall–Kier alpha value is -3.09. The number of fused-ring (bicyclic) bond motifs is 1. The number of nitro benzene ring substituents is 1. The summed E-state index contributed by atoms with van der Waals surface area (Å²) in [7, 11) is 0. The first-order chi connectivity index (χ1) is 12.6. The summed E-state index contributed by atoms with van der Waals surface area (Å²) in [5, 5.41) is 17.7. The molecule has 0 spiro atoms. The van der Waals surface area contributed by atoms with Crippen LogP contribution in [-0.4, -0.2) is 23.9 Å². The molecule has 0 saturated carbocycles.